The fourth-order valence-corrected chi connectivity index (χ4v) is 3.85. The van der Waals surface area contributed by atoms with E-state index in [0.717, 1.165) is 25.5 Å². The molecule has 2 aliphatic rings. The number of aliphatic imine (C=N–C) groups is 1. The summed E-state index contributed by atoms with van der Waals surface area (Å²) in [5.74, 6) is 1.55. The standard InChI is InChI=1S/C18H36N4O.HI/c1-12(2)22-10-13(3)14(11-22)20-16(19-7)21-15-9-18(6,23-8)17(15,4)5;/h12-15H,9-11H2,1-8H3,(H2,19,20,21);1H. The molecule has 0 aromatic carbocycles. The minimum absolute atomic E-state index is 0. The minimum atomic E-state index is -0.0569. The molecule has 0 bridgehead atoms. The molecule has 4 unspecified atom stereocenters. The fraction of sp³-hybridized carbons (Fsp3) is 0.944. The third kappa shape index (κ3) is 4.01. The Kier molecular flexibility index (Phi) is 7.39. The van der Waals surface area contributed by atoms with E-state index < -0.39 is 0 Å². The number of nitrogens with one attached hydrogen (secondary N) is 2. The summed E-state index contributed by atoms with van der Waals surface area (Å²) in [6.45, 7) is 15.8. The molecule has 6 heteroatoms. The topological polar surface area (TPSA) is 48.9 Å². The maximum atomic E-state index is 5.72. The zero-order valence-electron chi connectivity index (χ0n) is 16.6. The fourth-order valence-electron chi connectivity index (χ4n) is 3.85. The lowest BCUT2D eigenvalue weighted by molar-refractivity contribution is -0.176. The van der Waals surface area contributed by atoms with Crippen molar-refractivity contribution in [1.29, 1.82) is 0 Å². The van der Waals surface area contributed by atoms with Crippen molar-refractivity contribution in [2.24, 2.45) is 16.3 Å². The second-order valence-electron chi connectivity index (χ2n) is 8.41. The maximum absolute atomic E-state index is 5.72. The lowest BCUT2D eigenvalue weighted by atomic mass is 9.56. The molecule has 0 aromatic heterocycles. The van der Waals surface area contributed by atoms with Crippen molar-refractivity contribution in [2.45, 2.75) is 71.7 Å². The first-order chi connectivity index (χ1) is 10.6. The van der Waals surface area contributed by atoms with E-state index in [1.165, 1.54) is 0 Å². The van der Waals surface area contributed by atoms with Crippen molar-refractivity contribution < 1.29 is 4.74 Å². The van der Waals surface area contributed by atoms with Gasteiger partial charge in [-0.3, -0.25) is 9.89 Å². The van der Waals surface area contributed by atoms with Gasteiger partial charge < -0.3 is 15.4 Å². The molecular formula is C18H37IN4O. The zero-order valence-corrected chi connectivity index (χ0v) is 19.0. The molecule has 4 atom stereocenters. The lowest BCUT2D eigenvalue weighted by Crippen LogP contribution is -2.70. The van der Waals surface area contributed by atoms with Crippen molar-refractivity contribution in [3.63, 3.8) is 0 Å². The Morgan fingerprint density at radius 3 is 2.25 bits per heavy atom. The van der Waals surface area contributed by atoms with Crippen LogP contribution in [0.1, 0.15) is 48.0 Å². The molecule has 1 aliphatic heterocycles. The van der Waals surface area contributed by atoms with E-state index in [1.54, 1.807) is 0 Å². The molecule has 1 heterocycles. The predicted octanol–water partition coefficient (Wildman–Crippen LogP) is 2.70. The molecule has 1 aliphatic carbocycles. The first-order valence-corrected chi connectivity index (χ1v) is 8.93. The minimum Gasteiger partial charge on any atom is -0.378 e. The smallest absolute Gasteiger partial charge is 0.191 e. The summed E-state index contributed by atoms with van der Waals surface area (Å²) in [7, 11) is 3.67. The van der Waals surface area contributed by atoms with Crippen molar-refractivity contribution in [1.82, 2.24) is 15.5 Å². The van der Waals surface area contributed by atoms with E-state index in [1.807, 2.05) is 14.2 Å². The Morgan fingerprint density at radius 1 is 1.21 bits per heavy atom. The highest BCUT2D eigenvalue weighted by Gasteiger charge is 2.58. The number of methoxy groups -OCH3 is 1. The van der Waals surface area contributed by atoms with Crippen LogP contribution < -0.4 is 10.6 Å². The van der Waals surface area contributed by atoms with Crippen LogP contribution in [-0.2, 0) is 4.74 Å². The van der Waals surface area contributed by atoms with Crippen LogP contribution in [0, 0.1) is 11.3 Å². The first kappa shape index (κ1) is 22.0. The van der Waals surface area contributed by atoms with E-state index in [-0.39, 0.29) is 35.0 Å². The SMILES string of the molecule is CN=C(NC1CN(C(C)C)CC1C)NC1CC(C)(OC)C1(C)C.I. The third-order valence-corrected chi connectivity index (χ3v) is 6.51. The van der Waals surface area contributed by atoms with Crippen LogP contribution in [0.15, 0.2) is 4.99 Å². The summed E-state index contributed by atoms with van der Waals surface area (Å²) in [6, 6.07) is 1.45. The van der Waals surface area contributed by atoms with Crippen molar-refractivity contribution >= 4 is 29.9 Å². The molecule has 0 amide bonds. The Morgan fingerprint density at radius 2 is 1.83 bits per heavy atom. The highest BCUT2D eigenvalue weighted by atomic mass is 127. The molecule has 0 aromatic rings. The van der Waals surface area contributed by atoms with Gasteiger partial charge in [-0.25, -0.2) is 0 Å². The van der Waals surface area contributed by atoms with E-state index in [2.05, 4.69) is 62.1 Å². The van der Waals surface area contributed by atoms with Crippen LogP contribution in [0.5, 0.6) is 0 Å². The van der Waals surface area contributed by atoms with Crippen LogP contribution in [0.25, 0.3) is 0 Å². The Hall–Kier alpha value is -0.0800. The molecule has 1 saturated heterocycles. The maximum Gasteiger partial charge on any atom is 0.191 e. The number of ether oxygens (including phenoxy) is 1. The molecule has 0 radical (unpaired) electrons. The van der Waals surface area contributed by atoms with Crippen LogP contribution in [-0.4, -0.2) is 61.8 Å². The number of guanidine groups is 1. The van der Waals surface area contributed by atoms with Gasteiger partial charge >= 0.3 is 0 Å². The van der Waals surface area contributed by atoms with E-state index in [0.29, 0.717) is 24.0 Å². The van der Waals surface area contributed by atoms with Gasteiger partial charge in [0.1, 0.15) is 0 Å². The highest BCUT2D eigenvalue weighted by molar-refractivity contribution is 14.0. The predicted molar refractivity (Wildman–Crippen MR) is 112 cm³/mol. The molecule has 24 heavy (non-hydrogen) atoms. The van der Waals surface area contributed by atoms with Gasteiger partial charge in [-0.2, -0.15) is 0 Å². The number of rotatable bonds is 4. The Bertz CT molecular complexity index is 454. The van der Waals surface area contributed by atoms with Gasteiger partial charge in [-0.1, -0.05) is 20.8 Å². The van der Waals surface area contributed by atoms with E-state index in [4.69, 9.17) is 4.74 Å². The van der Waals surface area contributed by atoms with Gasteiger partial charge in [0.05, 0.1) is 5.60 Å². The van der Waals surface area contributed by atoms with Crippen molar-refractivity contribution in [3.05, 3.63) is 0 Å². The van der Waals surface area contributed by atoms with Crippen LogP contribution in [0.2, 0.25) is 0 Å². The van der Waals surface area contributed by atoms with Gasteiger partial charge in [0.2, 0.25) is 0 Å². The second-order valence-corrected chi connectivity index (χ2v) is 8.41. The molecule has 2 fully saturated rings. The summed E-state index contributed by atoms with van der Waals surface area (Å²) in [5.41, 5.74) is 0.0310. The van der Waals surface area contributed by atoms with E-state index >= 15 is 0 Å². The largest absolute Gasteiger partial charge is 0.378 e. The molecule has 142 valence electrons. The molecule has 0 spiro atoms. The van der Waals surface area contributed by atoms with Crippen molar-refractivity contribution in [2.75, 3.05) is 27.2 Å². The highest BCUT2D eigenvalue weighted by Crippen LogP contribution is 2.51. The molecular weight excluding hydrogens is 415 g/mol. The van der Waals surface area contributed by atoms with Crippen LogP contribution in [0.4, 0.5) is 0 Å². The number of halogens is 1. The average Bonchev–Trinajstić information content (AvgIpc) is 2.86. The van der Waals surface area contributed by atoms with Gasteiger partial charge in [0, 0.05) is 50.8 Å². The summed E-state index contributed by atoms with van der Waals surface area (Å²) >= 11 is 0. The summed E-state index contributed by atoms with van der Waals surface area (Å²) in [6.07, 6.45) is 1.01. The second kappa shape index (κ2) is 8.08. The molecule has 2 rings (SSSR count). The molecule has 5 nitrogen and oxygen atoms in total. The zero-order chi connectivity index (χ0) is 17.4. The number of nitrogens with zero attached hydrogens (tertiary/aromatic N) is 2. The van der Waals surface area contributed by atoms with Crippen LogP contribution >= 0.6 is 24.0 Å². The van der Waals surface area contributed by atoms with Crippen molar-refractivity contribution in [3.8, 4) is 0 Å². The number of hydrogen-bond donors (Lipinski definition) is 2. The Balaban J connectivity index is 0.00000288. The molecule has 2 N–H and O–H groups in total. The van der Waals surface area contributed by atoms with Gasteiger partial charge in [-0.05, 0) is 33.1 Å². The van der Waals surface area contributed by atoms with Gasteiger partial charge in [0.25, 0.3) is 0 Å². The lowest BCUT2D eigenvalue weighted by Gasteiger charge is -2.59. The number of likely N-dealkylation sites (tertiary alicyclic amines) is 1. The first-order valence-electron chi connectivity index (χ1n) is 8.93. The average molecular weight is 452 g/mol. The quantitative estimate of drug-likeness (QED) is 0.391. The molecule has 1 saturated carbocycles. The van der Waals surface area contributed by atoms with Gasteiger partial charge in [-0.15, -0.1) is 24.0 Å². The third-order valence-electron chi connectivity index (χ3n) is 6.51. The summed E-state index contributed by atoms with van der Waals surface area (Å²) in [4.78, 5) is 6.98. The van der Waals surface area contributed by atoms with Gasteiger partial charge in [0.15, 0.2) is 5.96 Å². The number of hydrogen-bond acceptors (Lipinski definition) is 3. The monoisotopic (exact) mass is 452 g/mol. The Labute approximate surface area is 165 Å². The van der Waals surface area contributed by atoms with Crippen LogP contribution in [0.3, 0.4) is 0 Å². The summed E-state index contributed by atoms with van der Waals surface area (Å²) < 4.78 is 5.72. The summed E-state index contributed by atoms with van der Waals surface area (Å²) in [5, 5.41) is 7.25. The van der Waals surface area contributed by atoms with E-state index in [9.17, 15) is 0 Å². The normalized spacial score (nSPS) is 36.2.